The number of hydrogen-bond acceptors (Lipinski definition) is 3. The van der Waals surface area contributed by atoms with E-state index in [0.29, 0.717) is 11.3 Å². The molecule has 4 nitrogen and oxygen atoms in total. The quantitative estimate of drug-likeness (QED) is 0.283. The Kier molecular flexibility index (Phi) is 5.93. The highest BCUT2D eigenvalue weighted by atomic mass is 16.4. The lowest BCUT2D eigenvalue weighted by molar-refractivity contribution is 0.219. The van der Waals surface area contributed by atoms with E-state index in [2.05, 4.69) is 31.2 Å². The zero-order valence-electron chi connectivity index (χ0n) is 12.1. The fourth-order valence-corrected chi connectivity index (χ4v) is 3.31. The molecule has 0 aliphatic heterocycles. The molecule has 1 fully saturated rings. The highest BCUT2D eigenvalue weighted by molar-refractivity contribution is 5.85. The van der Waals surface area contributed by atoms with E-state index >= 15 is 0 Å². The van der Waals surface area contributed by atoms with E-state index in [-0.39, 0.29) is 6.04 Å². The lowest BCUT2D eigenvalue weighted by Gasteiger charge is -2.33. The molecule has 1 atom stereocenters. The van der Waals surface area contributed by atoms with Crippen LogP contribution in [0.15, 0.2) is 5.16 Å². The Bertz CT molecular complexity index is 270. The first-order valence-electron chi connectivity index (χ1n) is 7.24. The number of nitrogens with zero attached hydrogens (tertiary/aromatic N) is 1. The van der Waals surface area contributed by atoms with Gasteiger partial charge in [0.2, 0.25) is 0 Å². The van der Waals surface area contributed by atoms with E-state index in [1.807, 2.05) is 0 Å². The number of nitrogens with one attached hydrogen (secondary N) is 1. The zero-order chi connectivity index (χ0) is 13.6. The SMILES string of the molecule is CCC(NCC1(CC(C)C)CCCC1)C(N)=NO. The molecule has 1 rings (SSSR count). The van der Waals surface area contributed by atoms with Gasteiger partial charge in [0.1, 0.15) is 0 Å². The molecule has 0 saturated heterocycles. The van der Waals surface area contributed by atoms with E-state index in [1.165, 1.54) is 32.1 Å². The molecule has 0 heterocycles. The third-order valence-corrected chi connectivity index (χ3v) is 4.11. The van der Waals surface area contributed by atoms with E-state index in [0.717, 1.165) is 18.9 Å². The molecule has 1 unspecified atom stereocenters. The molecule has 1 aliphatic rings. The summed E-state index contributed by atoms with van der Waals surface area (Å²) in [6.45, 7) is 7.63. The van der Waals surface area contributed by atoms with Crippen molar-refractivity contribution in [2.45, 2.75) is 65.3 Å². The fourth-order valence-electron chi connectivity index (χ4n) is 3.31. The Labute approximate surface area is 111 Å². The summed E-state index contributed by atoms with van der Waals surface area (Å²) in [5.74, 6) is 1.03. The molecule has 4 heteroatoms. The minimum Gasteiger partial charge on any atom is -0.409 e. The lowest BCUT2D eigenvalue weighted by Crippen LogP contribution is -2.45. The summed E-state index contributed by atoms with van der Waals surface area (Å²) in [6.07, 6.45) is 7.43. The van der Waals surface area contributed by atoms with Crippen molar-refractivity contribution in [3.63, 3.8) is 0 Å². The largest absolute Gasteiger partial charge is 0.409 e. The van der Waals surface area contributed by atoms with Crippen LogP contribution in [0, 0.1) is 11.3 Å². The first kappa shape index (κ1) is 15.3. The average Bonchev–Trinajstić information content (AvgIpc) is 2.77. The predicted molar refractivity (Wildman–Crippen MR) is 75.8 cm³/mol. The van der Waals surface area contributed by atoms with E-state index < -0.39 is 0 Å². The van der Waals surface area contributed by atoms with Gasteiger partial charge in [-0.25, -0.2) is 0 Å². The Balaban J connectivity index is 2.56. The Morgan fingerprint density at radius 3 is 2.44 bits per heavy atom. The third-order valence-electron chi connectivity index (χ3n) is 4.11. The monoisotopic (exact) mass is 255 g/mol. The van der Waals surface area contributed by atoms with Crippen LogP contribution in [0.4, 0.5) is 0 Å². The number of rotatable bonds is 7. The second kappa shape index (κ2) is 6.98. The van der Waals surface area contributed by atoms with Crippen molar-refractivity contribution in [3.05, 3.63) is 0 Å². The van der Waals surface area contributed by atoms with Crippen molar-refractivity contribution in [2.75, 3.05) is 6.54 Å². The van der Waals surface area contributed by atoms with Crippen molar-refractivity contribution >= 4 is 5.84 Å². The molecule has 0 radical (unpaired) electrons. The molecule has 0 amide bonds. The van der Waals surface area contributed by atoms with Crippen LogP contribution in [0.1, 0.15) is 59.3 Å². The summed E-state index contributed by atoms with van der Waals surface area (Å²) in [7, 11) is 0. The molecule has 18 heavy (non-hydrogen) atoms. The van der Waals surface area contributed by atoms with Crippen molar-refractivity contribution in [2.24, 2.45) is 22.2 Å². The Morgan fingerprint density at radius 1 is 1.39 bits per heavy atom. The van der Waals surface area contributed by atoms with Crippen molar-refractivity contribution in [1.29, 1.82) is 0 Å². The normalized spacial score (nSPS) is 21.4. The van der Waals surface area contributed by atoms with Gasteiger partial charge in [0.05, 0.1) is 6.04 Å². The van der Waals surface area contributed by atoms with E-state index in [9.17, 15) is 0 Å². The molecule has 106 valence electrons. The van der Waals surface area contributed by atoms with E-state index in [1.54, 1.807) is 0 Å². The number of oxime groups is 1. The van der Waals surface area contributed by atoms with Crippen molar-refractivity contribution in [1.82, 2.24) is 5.32 Å². The van der Waals surface area contributed by atoms with Crippen LogP contribution in [0.2, 0.25) is 0 Å². The van der Waals surface area contributed by atoms with Crippen LogP contribution in [0.5, 0.6) is 0 Å². The third kappa shape index (κ3) is 4.16. The lowest BCUT2D eigenvalue weighted by atomic mass is 9.78. The molecule has 0 spiro atoms. The van der Waals surface area contributed by atoms with Crippen LogP contribution in [-0.2, 0) is 0 Å². The predicted octanol–water partition coefficient (Wildman–Crippen LogP) is 2.71. The molecular weight excluding hydrogens is 226 g/mol. The molecule has 0 aromatic heterocycles. The summed E-state index contributed by atoms with van der Waals surface area (Å²) >= 11 is 0. The van der Waals surface area contributed by atoms with Crippen LogP contribution >= 0.6 is 0 Å². The molecule has 1 aliphatic carbocycles. The van der Waals surface area contributed by atoms with Gasteiger partial charge in [0, 0.05) is 6.54 Å². The summed E-state index contributed by atoms with van der Waals surface area (Å²) in [5, 5.41) is 15.4. The van der Waals surface area contributed by atoms with E-state index in [4.69, 9.17) is 10.9 Å². The molecule has 0 aromatic carbocycles. The van der Waals surface area contributed by atoms with Gasteiger partial charge in [0.25, 0.3) is 0 Å². The minimum atomic E-state index is -0.000336. The maximum absolute atomic E-state index is 8.76. The highest BCUT2D eigenvalue weighted by Crippen LogP contribution is 2.42. The number of hydrogen-bond donors (Lipinski definition) is 3. The van der Waals surface area contributed by atoms with Gasteiger partial charge in [-0.15, -0.1) is 0 Å². The van der Waals surface area contributed by atoms with Gasteiger partial charge >= 0.3 is 0 Å². The van der Waals surface area contributed by atoms with Crippen LogP contribution in [-0.4, -0.2) is 23.6 Å². The van der Waals surface area contributed by atoms with Gasteiger partial charge < -0.3 is 16.3 Å². The summed E-state index contributed by atoms with van der Waals surface area (Å²) < 4.78 is 0. The molecular formula is C14H29N3O. The van der Waals surface area contributed by atoms with Gasteiger partial charge in [-0.3, -0.25) is 0 Å². The molecule has 0 aromatic rings. The van der Waals surface area contributed by atoms with Crippen molar-refractivity contribution in [3.8, 4) is 0 Å². The summed E-state index contributed by atoms with van der Waals surface area (Å²) in [4.78, 5) is 0. The van der Waals surface area contributed by atoms with Crippen molar-refractivity contribution < 1.29 is 5.21 Å². The Hall–Kier alpha value is -0.770. The summed E-state index contributed by atoms with van der Waals surface area (Å²) in [6, 6.07) is -0.000336. The second-order valence-corrected chi connectivity index (χ2v) is 6.17. The first-order chi connectivity index (χ1) is 8.53. The smallest absolute Gasteiger partial charge is 0.156 e. The zero-order valence-corrected chi connectivity index (χ0v) is 12.1. The Morgan fingerprint density at radius 2 is 2.00 bits per heavy atom. The average molecular weight is 255 g/mol. The maximum atomic E-state index is 8.76. The van der Waals surface area contributed by atoms with Gasteiger partial charge in [-0.05, 0) is 37.0 Å². The van der Waals surface area contributed by atoms with Gasteiger partial charge in [-0.2, -0.15) is 0 Å². The molecule has 4 N–H and O–H groups in total. The van der Waals surface area contributed by atoms with Crippen LogP contribution in [0.25, 0.3) is 0 Å². The maximum Gasteiger partial charge on any atom is 0.156 e. The number of amidine groups is 1. The van der Waals surface area contributed by atoms with Gasteiger partial charge in [0.15, 0.2) is 5.84 Å². The van der Waals surface area contributed by atoms with Crippen LogP contribution in [0.3, 0.4) is 0 Å². The second-order valence-electron chi connectivity index (χ2n) is 6.17. The molecule has 1 saturated carbocycles. The molecule has 0 bridgehead atoms. The number of nitrogens with two attached hydrogens (primary N) is 1. The minimum absolute atomic E-state index is 0.000336. The van der Waals surface area contributed by atoms with Gasteiger partial charge in [-0.1, -0.05) is 38.8 Å². The van der Waals surface area contributed by atoms with Crippen LogP contribution < -0.4 is 11.1 Å². The topological polar surface area (TPSA) is 70.6 Å². The first-order valence-corrected chi connectivity index (χ1v) is 7.24. The standard InChI is InChI=1S/C14H29N3O/c1-4-12(13(15)17-18)16-10-14(9-11(2)3)7-5-6-8-14/h11-12,16,18H,4-10H2,1-3H3,(H2,15,17). The summed E-state index contributed by atoms with van der Waals surface area (Å²) in [5.41, 5.74) is 6.12. The highest BCUT2D eigenvalue weighted by Gasteiger charge is 2.34. The fraction of sp³-hybridized carbons (Fsp3) is 0.929.